The Morgan fingerprint density at radius 2 is 2.07 bits per heavy atom. The Morgan fingerprint density at radius 1 is 1.26 bits per heavy atom. The molecule has 9 nitrogen and oxygen atoms in total. The second-order valence-electron chi connectivity index (χ2n) is 8.60. The maximum atomic E-state index is 9.60. The van der Waals surface area contributed by atoms with Crippen molar-refractivity contribution in [2.75, 3.05) is 4.90 Å². The van der Waals surface area contributed by atoms with Crippen molar-refractivity contribution in [2.24, 2.45) is 11.0 Å². The van der Waals surface area contributed by atoms with E-state index in [0.717, 1.165) is 17.9 Å². The minimum absolute atomic E-state index is 0.0735. The molecule has 2 aromatic rings. The van der Waals surface area contributed by atoms with Crippen molar-refractivity contribution >= 4 is 11.7 Å². The van der Waals surface area contributed by atoms with Crippen LogP contribution in [0.15, 0.2) is 17.6 Å². The smallest absolute Gasteiger partial charge is 0.208 e. The largest absolute Gasteiger partial charge is 0.314 e. The predicted molar refractivity (Wildman–Crippen MR) is 98.9 cm³/mol. The van der Waals surface area contributed by atoms with Gasteiger partial charge in [0.1, 0.15) is 23.4 Å². The first-order valence-electron chi connectivity index (χ1n) is 9.51. The molecule has 0 spiro atoms. The third-order valence-corrected chi connectivity index (χ3v) is 5.93. The molecule has 3 unspecified atom stereocenters. The number of hydrogen-bond donors (Lipinski definition) is 1. The van der Waals surface area contributed by atoms with Crippen LogP contribution in [0.1, 0.15) is 63.9 Å². The average Bonchev–Trinajstić information content (AvgIpc) is 3.37. The summed E-state index contributed by atoms with van der Waals surface area (Å²) in [5, 5.41) is 22.6. The van der Waals surface area contributed by atoms with Gasteiger partial charge in [-0.1, -0.05) is 38.8 Å². The van der Waals surface area contributed by atoms with Crippen molar-refractivity contribution in [3.8, 4) is 6.19 Å². The van der Waals surface area contributed by atoms with Crippen molar-refractivity contribution < 1.29 is 0 Å². The van der Waals surface area contributed by atoms with Crippen molar-refractivity contribution in [1.82, 2.24) is 30.0 Å². The van der Waals surface area contributed by atoms with Crippen LogP contribution in [0.5, 0.6) is 0 Å². The second-order valence-corrected chi connectivity index (χ2v) is 8.60. The maximum absolute atomic E-state index is 9.60. The van der Waals surface area contributed by atoms with Gasteiger partial charge in [0.15, 0.2) is 5.84 Å². The molecular formula is C18H23N9. The number of nitrogens with one attached hydrogen (secondary N) is 1. The molecule has 2 aliphatic heterocycles. The number of nitriles is 1. The van der Waals surface area contributed by atoms with Crippen LogP contribution in [-0.4, -0.2) is 36.5 Å². The highest BCUT2D eigenvalue weighted by atomic mass is 15.6. The van der Waals surface area contributed by atoms with E-state index in [1.165, 1.54) is 23.9 Å². The molecule has 2 aromatic heterocycles. The highest BCUT2D eigenvalue weighted by Gasteiger charge is 2.48. The number of nitrogens with zero attached hydrogens (tertiary/aromatic N) is 8. The Balaban J connectivity index is 1.66. The van der Waals surface area contributed by atoms with Gasteiger partial charge >= 0.3 is 0 Å². The summed E-state index contributed by atoms with van der Waals surface area (Å²) in [5.41, 5.74) is 4.52. The fourth-order valence-electron chi connectivity index (χ4n) is 4.73. The number of fused-ring (bicyclic) bond motifs is 6. The molecule has 0 amide bonds. The zero-order chi connectivity index (χ0) is 18.8. The Morgan fingerprint density at radius 3 is 2.85 bits per heavy atom. The van der Waals surface area contributed by atoms with Crippen LogP contribution in [0, 0.1) is 17.4 Å². The van der Waals surface area contributed by atoms with Crippen molar-refractivity contribution in [3.05, 3.63) is 23.9 Å². The predicted octanol–water partition coefficient (Wildman–Crippen LogP) is 1.94. The molecule has 5 rings (SSSR count). The lowest BCUT2D eigenvalue weighted by Gasteiger charge is -2.45. The van der Waals surface area contributed by atoms with Gasteiger partial charge in [-0.05, 0) is 12.8 Å². The average molecular weight is 365 g/mol. The van der Waals surface area contributed by atoms with E-state index in [1.54, 1.807) is 0 Å². The molecule has 140 valence electrons. The molecule has 0 bridgehead atoms. The quantitative estimate of drug-likeness (QED) is 0.829. The summed E-state index contributed by atoms with van der Waals surface area (Å²) >= 11 is 0. The molecule has 27 heavy (non-hydrogen) atoms. The van der Waals surface area contributed by atoms with Gasteiger partial charge in [0.25, 0.3) is 0 Å². The summed E-state index contributed by atoms with van der Waals surface area (Å²) in [6, 6.07) is 0.445. The molecule has 0 saturated heterocycles. The van der Waals surface area contributed by atoms with E-state index >= 15 is 0 Å². The highest BCUT2D eigenvalue weighted by Crippen LogP contribution is 2.45. The standard InChI is InChI=1S/C18H23N9/c1-18(2,3)15-14(26(9-19)24-21-15)17-23-22-16-11-6-4-5-7-12(11)25-10-20-8-13(25)27(16)17/h8,10-12,16,22H,4-7H2,1-3H3. The van der Waals surface area contributed by atoms with E-state index in [2.05, 4.69) is 62.3 Å². The van der Waals surface area contributed by atoms with Gasteiger partial charge in [-0.2, -0.15) is 10.4 Å². The van der Waals surface area contributed by atoms with Crippen LogP contribution < -0.4 is 10.3 Å². The van der Waals surface area contributed by atoms with Crippen molar-refractivity contribution in [3.63, 3.8) is 0 Å². The van der Waals surface area contributed by atoms with Gasteiger partial charge in [-0.15, -0.1) is 9.78 Å². The minimum Gasteiger partial charge on any atom is -0.314 e. The highest BCUT2D eigenvalue weighted by molar-refractivity contribution is 6.11. The van der Waals surface area contributed by atoms with E-state index in [4.69, 9.17) is 0 Å². The first kappa shape index (κ1) is 16.3. The van der Waals surface area contributed by atoms with Gasteiger partial charge < -0.3 is 4.57 Å². The summed E-state index contributed by atoms with van der Waals surface area (Å²) in [5.74, 6) is 2.16. The fraction of sp³-hybridized carbons (Fsp3) is 0.611. The number of aromatic nitrogens is 5. The number of amidine groups is 1. The summed E-state index contributed by atoms with van der Waals surface area (Å²) in [7, 11) is 0. The van der Waals surface area contributed by atoms with E-state index in [0.29, 0.717) is 23.5 Å². The third kappa shape index (κ3) is 2.22. The molecule has 3 aliphatic rings. The van der Waals surface area contributed by atoms with Gasteiger partial charge in [0.05, 0.1) is 12.5 Å². The lowest BCUT2D eigenvalue weighted by atomic mass is 9.80. The summed E-state index contributed by atoms with van der Waals surface area (Å²) in [6.07, 6.45) is 10.8. The fourth-order valence-corrected chi connectivity index (χ4v) is 4.73. The summed E-state index contributed by atoms with van der Waals surface area (Å²) in [6.45, 7) is 6.21. The lowest BCUT2D eigenvalue weighted by Crippen LogP contribution is -2.54. The summed E-state index contributed by atoms with van der Waals surface area (Å²) in [4.78, 5) is 6.60. The van der Waals surface area contributed by atoms with Crippen LogP contribution >= 0.6 is 0 Å². The molecule has 3 atom stereocenters. The topological polar surface area (TPSA) is 99.9 Å². The van der Waals surface area contributed by atoms with Gasteiger partial charge in [-0.25, -0.2) is 4.98 Å². The van der Waals surface area contributed by atoms with Crippen LogP contribution in [0.3, 0.4) is 0 Å². The second kappa shape index (κ2) is 5.55. The normalized spacial score (nSPS) is 26.5. The monoisotopic (exact) mass is 365 g/mol. The summed E-state index contributed by atoms with van der Waals surface area (Å²) < 4.78 is 3.55. The van der Waals surface area contributed by atoms with Crippen LogP contribution in [-0.2, 0) is 5.41 Å². The Hall–Kier alpha value is -2.89. The molecule has 1 aliphatic carbocycles. The molecule has 1 N–H and O–H groups in total. The minimum atomic E-state index is -0.256. The van der Waals surface area contributed by atoms with Crippen molar-refractivity contribution in [2.45, 2.75) is 64.1 Å². The molecule has 0 radical (unpaired) electrons. The van der Waals surface area contributed by atoms with Crippen molar-refractivity contribution in [1.29, 1.82) is 5.26 Å². The van der Waals surface area contributed by atoms with Crippen LogP contribution in [0.25, 0.3) is 0 Å². The van der Waals surface area contributed by atoms with E-state index in [-0.39, 0.29) is 11.6 Å². The van der Waals surface area contributed by atoms with Crippen LogP contribution in [0.2, 0.25) is 0 Å². The number of hydrazone groups is 1. The molecule has 9 heteroatoms. The zero-order valence-corrected chi connectivity index (χ0v) is 15.8. The van der Waals surface area contributed by atoms with Crippen LogP contribution in [0.4, 0.5) is 5.82 Å². The Labute approximate surface area is 157 Å². The maximum Gasteiger partial charge on any atom is 0.208 e. The first-order chi connectivity index (χ1) is 13.0. The number of imidazole rings is 1. The number of anilines is 1. The van der Waals surface area contributed by atoms with E-state index in [9.17, 15) is 5.26 Å². The van der Waals surface area contributed by atoms with E-state index in [1.807, 2.05) is 12.5 Å². The van der Waals surface area contributed by atoms with Gasteiger partial charge in [0.2, 0.25) is 6.19 Å². The SMILES string of the molecule is CC(C)(C)c1nnn(C#N)c1C1=NNC2C3CCCCC3n3cncc3N12. The lowest BCUT2D eigenvalue weighted by molar-refractivity contribution is 0.176. The molecule has 1 saturated carbocycles. The molecule has 4 heterocycles. The third-order valence-electron chi connectivity index (χ3n) is 5.93. The van der Waals surface area contributed by atoms with E-state index < -0.39 is 0 Å². The first-order valence-corrected chi connectivity index (χ1v) is 9.51. The molecule has 1 fully saturated rings. The van der Waals surface area contributed by atoms with Gasteiger partial charge in [-0.3, -0.25) is 10.3 Å². The Kier molecular flexibility index (Phi) is 3.35. The zero-order valence-electron chi connectivity index (χ0n) is 15.8. The number of hydrogen-bond acceptors (Lipinski definition) is 7. The Bertz CT molecular complexity index is 954. The molecular weight excluding hydrogens is 342 g/mol. The molecule has 0 aromatic carbocycles. The van der Waals surface area contributed by atoms with Gasteiger partial charge in [0, 0.05) is 17.4 Å². The number of rotatable bonds is 1.